The molecule has 0 aliphatic heterocycles. The van der Waals surface area contributed by atoms with Crippen LogP contribution in [0.5, 0.6) is 0 Å². The highest BCUT2D eigenvalue weighted by Gasteiger charge is 2.22. The standard InChI is InChI=1S/C12H20O2/c1-8(2)11-6-5-9(3)7-12(11)14-10(4)13/h8-9H,5-7H2,1-4H3/t9-/m1/s1. The van der Waals surface area contributed by atoms with E-state index < -0.39 is 0 Å². The first-order chi connectivity index (χ1) is 6.50. The molecule has 2 nitrogen and oxygen atoms in total. The lowest BCUT2D eigenvalue weighted by Gasteiger charge is -2.26. The summed E-state index contributed by atoms with van der Waals surface area (Å²) in [4.78, 5) is 10.9. The van der Waals surface area contributed by atoms with Gasteiger partial charge in [-0.15, -0.1) is 0 Å². The molecule has 0 spiro atoms. The van der Waals surface area contributed by atoms with Crippen molar-refractivity contribution >= 4 is 5.97 Å². The molecule has 14 heavy (non-hydrogen) atoms. The van der Waals surface area contributed by atoms with E-state index in [1.54, 1.807) is 0 Å². The molecule has 0 bridgehead atoms. The number of ether oxygens (including phenoxy) is 1. The number of carbonyl (C=O) groups is 1. The first-order valence-corrected chi connectivity index (χ1v) is 5.41. The van der Waals surface area contributed by atoms with Gasteiger partial charge < -0.3 is 4.74 Å². The minimum absolute atomic E-state index is 0.188. The Hall–Kier alpha value is -0.790. The molecule has 1 aliphatic carbocycles. The molecular formula is C12H20O2. The molecule has 1 aliphatic rings. The van der Waals surface area contributed by atoms with Gasteiger partial charge in [0, 0.05) is 13.3 Å². The zero-order chi connectivity index (χ0) is 10.7. The van der Waals surface area contributed by atoms with Crippen LogP contribution >= 0.6 is 0 Å². The monoisotopic (exact) mass is 196 g/mol. The number of rotatable bonds is 2. The van der Waals surface area contributed by atoms with Gasteiger partial charge in [0.15, 0.2) is 0 Å². The first-order valence-electron chi connectivity index (χ1n) is 5.41. The van der Waals surface area contributed by atoms with Crippen LogP contribution in [0.2, 0.25) is 0 Å². The molecular weight excluding hydrogens is 176 g/mol. The molecule has 1 atom stereocenters. The SMILES string of the molecule is CC(=O)OC1=C(C(C)C)CC[C@@H](C)C1. The summed E-state index contributed by atoms with van der Waals surface area (Å²) < 4.78 is 5.28. The summed E-state index contributed by atoms with van der Waals surface area (Å²) in [5.41, 5.74) is 1.33. The Bertz CT molecular complexity index is 251. The third-order valence-electron chi connectivity index (χ3n) is 2.76. The predicted octanol–water partition coefficient (Wildman–Crippen LogP) is 3.28. The van der Waals surface area contributed by atoms with Crippen LogP contribution in [0.15, 0.2) is 11.3 Å². The maximum absolute atomic E-state index is 10.9. The summed E-state index contributed by atoms with van der Waals surface area (Å²) in [6.07, 6.45) is 3.23. The van der Waals surface area contributed by atoms with Gasteiger partial charge in [-0.25, -0.2) is 0 Å². The summed E-state index contributed by atoms with van der Waals surface area (Å²) in [7, 11) is 0. The quantitative estimate of drug-likeness (QED) is 0.633. The van der Waals surface area contributed by atoms with E-state index >= 15 is 0 Å². The Labute approximate surface area is 86.3 Å². The van der Waals surface area contributed by atoms with Crippen molar-refractivity contribution in [3.8, 4) is 0 Å². The van der Waals surface area contributed by atoms with Crippen LogP contribution in [-0.2, 0) is 9.53 Å². The molecule has 0 radical (unpaired) electrons. The van der Waals surface area contributed by atoms with Crippen LogP contribution in [0, 0.1) is 11.8 Å². The van der Waals surface area contributed by atoms with Gasteiger partial charge in [0.05, 0.1) is 0 Å². The van der Waals surface area contributed by atoms with Crippen molar-refractivity contribution in [3.63, 3.8) is 0 Å². The average Bonchev–Trinajstić information content (AvgIpc) is 2.01. The summed E-state index contributed by atoms with van der Waals surface area (Å²) in [5.74, 6) is 1.89. The van der Waals surface area contributed by atoms with Crippen LogP contribution in [0.1, 0.15) is 47.0 Å². The summed E-state index contributed by atoms with van der Waals surface area (Å²) in [5, 5.41) is 0. The molecule has 0 fully saturated rings. The van der Waals surface area contributed by atoms with E-state index in [0.29, 0.717) is 11.8 Å². The minimum atomic E-state index is -0.188. The van der Waals surface area contributed by atoms with Crippen molar-refractivity contribution in [3.05, 3.63) is 11.3 Å². The topological polar surface area (TPSA) is 26.3 Å². The highest BCUT2D eigenvalue weighted by Crippen LogP contribution is 2.33. The van der Waals surface area contributed by atoms with E-state index in [4.69, 9.17) is 4.74 Å². The number of esters is 1. The largest absolute Gasteiger partial charge is 0.431 e. The molecule has 1 rings (SSSR count). The van der Waals surface area contributed by atoms with Crippen LogP contribution in [-0.4, -0.2) is 5.97 Å². The second kappa shape index (κ2) is 4.63. The lowest BCUT2D eigenvalue weighted by molar-refractivity contribution is -0.137. The molecule has 0 saturated carbocycles. The van der Waals surface area contributed by atoms with E-state index in [1.165, 1.54) is 18.9 Å². The van der Waals surface area contributed by atoms with Crippen molar-refractivity contribution < 1.29 is 9.53 Å². The Morgan fingerprint density at radius 3 is 2.64 bits per heavy atom. The Morgan fingerprint density at radius 1 is 1.50 bits per heavy atom. The van der Waals surface area contributed by atoms with Gasteiger partial charge in [0.1, 0.15) is 5.76 Å². The van der Waals surface area contributed by atoms with Gasteiger partial charge in [-0.05, 0) is 30.3 Å². The van der Waals surface area contributed by atoms with Gasteiger partial charge in [-0.3, -0.25) is 4.79 Å². The minimum Gasteiger partial charge on any atom is -0.431 e. The fourth-order valence-electron chi connectivity index (χ4n) is 1.98. The van der Waals surface area contributed by atoms with E-state index in [2.05, 4.69) is 20.8 Å². The first kappa shape index (κ1) is 11.3. The third-order valence-corrected chi connectivity index (χ3v) is 2.76. The molecule has 0 unspecified atom stereocenters. The second-order valence-corrected chi connectivity index (χ2v) is 4.54. The molecule has 80 valence electrons. The molecule has 2 heteroatoms. The number of allylic oxidation sites excluding steroid dienone is 2. The van der Waals surface area contributed by atoms with Gasteiger partial charge >= 0.3 is 5.97 Å². The normalized spacial score (nSPS) is 22.8. The van der Waals surface area contributed by atoms with Crippen LogP contribution in [0.25, 0.3) is 0 Å². The zero-order valence-electron chi connectivity index (χ0n) is 9.59. The maximum Gasteiger partial charge on any atom is 0.307 e. The second-order valence-electron chi connectivity index (χ2n) is 4.54. The Morgan fingerprint density at radius 2 is 2.14 bits per heavy atom. The molecule has 0 N–H and O–H groups in total. The van der Waals surface area contributed by atoms with Crippen LogP contribution in [0.4, 0.5) is 0 Å². The van der Waals surface area contributed by atoms with Crippen molar-refractivity contribution in [2.75, 3.05) is 0 Å². The van der Waals surface area contributed by atoms with E-state index in [-0.39, 0.29) is 5.97 Å². The fraction of sp³-hybridized carbons (Fsp3) is 0.750. The number of carbonyl (C=O) groups excluding carboxylic acids is 1. The van der Waals surface area contributed by atoms with Crippen molar-refractivity contribution in [2.24, 2.45) is 11.8 Å². The van der Waals surface area contributed by atoms with E-state index in [0.717, 1.165) is 18.6 Å². The third kappa shape index (κ3) is 2.86. The average molecular weight is 196 g/mol. The predicted molar refractivity (Wildman–Crippen MR) is 56.6 cm³/mol. The van der Waals surface area contributed by atoms with E-state index in [1.807, 2.05) is 0 Å². The molecule has 0 saturated heterocycles. The summed E-state index contributed by atoms with van der Waals surface area (Å²) in [6, 6.07) is 0. The van der Waals surface area contributed by atoms with Crippen molar-refractivity contribution in [1.82, 2.24) is 0 Å². The van der Waals surface area contributed by atoms with Gasteiger partial charge in [-0.1, -0.05) is 20.8 Å². The van der Waals surface area contributed by atoms with E-state index in [9.17, 15) is 4.79 Å². The maximum atomic E-state index is 10.9. The van der Waals surface area contributed by atoms with Crippen molar-refractivity contribution in [2.45, 2.75) is 47.0 Å². The van der Waals surface area contributed by atoms with Crippen molar-refractivity contribution in [1.29, 1.82) is 0 Å². The molecule has 0 aromatic heterocycles. The van der Waals surface area contributed by atoms with Gasteiger partial charge in [0.2, 0.25) is 0 Å². The Kier molecular flexibility index (Phi) is 3.73. The lowest BCUT2D eigenvalue weighted by atomic mass is 9.84. The number of hydrogen-bond donors (Lipinski definition) is 0. The highest BCUT2D eigenvalue weighted by atomic mass is 16.5. The zero-order valence-corrected chi connectivity index (χ0v) is 9.59. The molecule has 0 aromatic carbocycles. The van der Waals surface area contributed by atoms with Crippen LogP contribution in [0.3, 0.4) is 0 Å². The lowest BCUT2D eigenvalue weighted by Crippen LogP contribution is -2.15. The molecule has 0 amide bonds. The molecule has 0 heterocycles. The fourth-order valence-corrected chi connectivity index (χ4v) is 1.98. The summed E-state index contributed by atoms with van der Waals surface area (Å²) in [6.45, 7) is 8.01. The summed E-state index contributed by atoms with van der Waals surface area (Å²) >= 11 is 0. The molecule has 0 aromatic rings. The van der Waals surface area contributed by atoms with Crippen LogP contribution < -0.4 is 0 Å². The van der Waals surface area contributed by atoms with Gasteiger partial charge in [-0.2, -0.15) is 0 Å². The smallest absolute Gasteiger partial charge is 0.307 e. The van der Waals surface area contributed by atoms with Gasteiger partial charge in [0.25, 0.3) is 0 Å². The Balaban J connectivity index is 2.82. The highest BCUT2D eigenvalue weighted by molar-refractivity contribution is 5.67. The number of hydrogen-bond acceptors (Lipinski definition) is 2.